The average molecular weight is 448 g/mol. The number of aromatic amines is 1. The second-order valence-electron chi connectivity index (χ2n) is 7.16. The largest absolute Gasteiger partial charge is 0.458 e. The fourth-order valence-corrected chi connectivity index (χ4v) is 4.63. The van der Waals surface area contributed by atoms with Gasteiger partial charge in [0.05, 0.1) is 30.7 Å². The average Bonchev–Trinajstić information content (AvgIpc) is 3.37. The minimum atomic E-state index is -4.06. The number of carbonyl (C=O) groups is 1. The van der Waals surface area contributed by atoms with Crippen molar-refractivity contribution in [1.29, 1.82) is 0 Å². The molecule has 1 aliphatic heterocycles. The number of benzene rings is 1. The van der Waals surface area contributed by atoms with Crippen LogP contribution in [0.1, 0.15) is 21.7 Å². The first-order valence-electron chi connectivity index (χ1n) is 9.56. The second-order valence-corrected chi connectivity index (χ2v) is 8.81. The summed E-state index contributed by atoms with van der Waals surface area (Å²) in [5.74, 6) is -0.533. The molecule has 3 heterocycles. The van der Waals surface area contributed by atoms with Gasteiger partial charge in [0, 0.05) is 19.2 Å². The van der Waals surface area contributed by atoms with Crippen LogP contribution in [0.5, 0.6) is 0 Å². The molecule has 3 aromatic rings. The van der Waals surface area contributed by atoms with Gasteiger partial charge in [0.25, 0.3) is 15.9 Å². The van der Waals surface area contributed by atoms with Gasteiger partial charge in [-0.05, 0) is 31.5 Å². The number of rotatable bonds is 5. The highest BCUT2D eigenvalue weighted by Crippen LogP contribution is 2.31. The lowest BCUT2D eigenvalue weighted by atomic mass is 10.2. The van der Waals surface area contributed by atoms with Crippen molar-refractivity contribution in [2.75, 3.05) is 31.0 Å². The van der Waals surface area contributed by atoms with Gasteiger partial charge in [-0.3, -0.25) is 14.6 Å². The SMILES string of the molecule is Cc1ccc(F)cc1NS(=O)(=O)c1cc(-c2[nH]ncc2C(=O)N2CCOCC2)oc1C. The number of morpholine rings is 1. The molecule has 4 rings (SSSR count). The second kappa shape index (κ2) is 8.16. The molecule has 31 heavy (non-hydrogen) atoms. The van der Waals surface area contributed by atoms with Crippen LogP contribution in [0.4, 0.5) is 10.1 Å². The summed E-state index contributed by atoms with van der Waals surface area (Å²) in [6.45, 7) is 4.97. The molecule has 1 saturated heterocycles. The van der Waals surface area contributed by atoms with Gasteiger partial charge in [-0.25, -0.2) is 12.8 Å². The zero-order valence-electron chi connectivity index (χ0n) is 16.9. The van der Waals surface area contributed by atoms with Crippen molar-refractivity contribution >= 4 is 21.6 Å². The van der Waals surface area contributed by atoms with Crippen LogP contribution in [-0.4, -0.2) is 55.7 Å². The lowest BCUT2D eigenvalue weighted by Crippen LogP contribution is -2.40. The third-order valence-corrected chi connectivity index (χ3v) is 6.49. The molecule has 1 fully saturated rings. The summed E-state index contributed by atoms with van der Waals surface area (Å²) in [5, 5.41) is 6.65. The number of furan rings is 1. The normalized spacial score (nSPS) is 14.6. The van der Waals surface area contributed by atoms with Crippen LogP contribution in [0.15, 0.2) is 39.8 Å². The van der Waals surface area contributed by atoms with E-state index in [1.165, 1.54) is 31.3 Å². The Morgan fingerprint density at radius 3 is 2.71 bits per heavy atom. The molecule has 164 valence electrons. The number of anilines is 1. The number of carbonyl (C=O) groups excluding carboxylic acids is 1. The van der Waals surface area contributed by atoms with Crippen molar-refractivity contribution in [2.45, 2.75) is 18.7 Å². The van der Waals surface area contributed by atoms with Crippen molar-refractivity contribution in [2.24, 2.45) is 0 Å². The van der Waals surface area contributed by atoms with E-state index in [0.29, 0.717) is 31.9 Å². The molecule has 1 aromatic carbocycles. The van der Waals surface area contributed by atoms with Crippen molar-refractivity contribution in [3.05, 3.63) is 53.2 Å². The molecule has 1 aliphatic rings. The summed E-state index contributed by atoms with van der Waals surface area (Å²) < 4.78 is 52.7. The van der Waals surface area contributed by atoms with E-state index in [1.807, 2.05) is 0 Å². The van der Waals surface area contributed by atoms with E-state index in [-0.39, 0.29) is 39.3 Å². The molecule has 0 unspecified atom stereocenters. The predicted octanol–water partition coefficient (Wildman–Crippen LogP) is 2.70. The van der Waals surface area contributed by atoms with Crippen LogP contribution in [0, 0.1) is 19.7 Å². The standard InChI is InChI=1S/C20H21FN4O5S/c1-12-3-4-14(21)9-16(12)24-31(27,28)18-10-17(30-13(18)2)19-15(11-22-23-19)20(26)25-5-7-29-8-6-25/h3-4,9-11,24H,5-8H2,1-2H3,(H,22,23). The first kappa shape index (κ1) is 21.1. The van der Waals surface area contributed by atoms with Gasteiger partial charge in [-0.1, -0.05) is 6.07 Å². The zero-order chi connectivity index (χ0) is 22.2. The molecule has 0 aliphatic carbocycles. The summed E-state index contributed by atoms with van der Waals surface area (Å²) in [4.78, 5) is 14.4. The van der Waals surface area contributed by atoms with Crippen LogP contribution in [0.25, 0.3) is 11.5 Å². The third kappa shape index (κ3) is 4.19. The van der Waals surface area contributed by atoms with E-state index in [9.17, 15) is 17.6 Å². The van der Waals surface area contributed by atoms with Crippen molar-refractivity contribution in [3.63, 3.8) is 0 Å². The molecule has 0 saturated carbocycles. The number of nitrogens with zero attached hydrogens (tertiary/aromatic N) is 2. The fraction of sp³-hybridized carbons (Fsp3) is 0.300. The Morgan fingerprint density at radius 1 is 1.23 bits per heavy atom. The number of H-pyrrole nitrogens is 1. The number of aromatic nitrogens is 2. The van der Waals surface area contributed by atoms with Gasteiger partial charge in [0.1, 0.15) is 22.2 Å². The molecule has 0 radical (unpaired) electrons. The predicted molar refractivity (Wildman–Crippen MR) is 110 cm³/mol. The van der Waals surface area contributed by atoms with Gasteiger partial charge in [0.15, 0.2) is 5.76 Å². The maximum Gasteiger partial charge on any atom is 0.265 e. The Bertz CT molecular complexity index is 1230. The van der Waals surface area contributed by atoms with Gasteiger partial charge < -0.3 is 14.1 Å². The van der Waals surface area contributed by atoms with E-state index < -0.39 is 15.8 Å². The number of hydrogen-bond donors (Lipinski definition) is 2. The van der Waals surface area contributed by atoms with Gasteiger partial charge >= 0.3 is 0 Å². The van der Waals surface area contributed by atoms with Crippen LogP contribution in [0.2, 0.25) is 0 Å². The summed E-state index contributed by atoms with van der Waals surface area (Å²) in [5.41, 5.74) is 1.25. The van der Waals surface area contributed by atoms with Gasteiger partial charge in [0.2, 0.25) is 0 Å². The van der Waals surface area contributed by atoms with Gasteiger partial charge in [-0.15, -0.1) is 0 Å². The van der Waals surface area contributed by atoms with Crippen molar-refractivity contribution < 1.29 is 26.8 Å². The lowest BCUT2D eigenvalue weighted by Gasteiger charge is -2.26. The molecule has 11 heteroatoms. The van der Waals surface area contributed by atoms with E-state index in [4.69, 9.17) is 9.15 Å². The Kier molecular flexibility index (Phi) is 5.54. The first-order chi connectivity index (χ1) is 14.8. The smallest absolute Gasteiger partial charge is 0.265 e. The maximum absolute atomic E-state index is 13.6. The highest BCUT2D eigenvalue weighted by molar-refractivity contribution is 7.92. The van der Waals surface area contributed by atoms with Crippen molar-refractivity contribution in [1.82, 2.24) is 15.1 Å². The molecule has 9 nitrogen and oxygen atoms in total. The topological polar surface area (TPSA) is 118 Å². The number of amides is 1. The third-order valence-electron chi connectivity index (χ3n) is 5.02. The number of sulfonamides is 1. The molecular weight excluding hydrogens is 427 g/mol. The summed E-state index contributed by atoms with van der Waals surface area (Å²) in [6.07, 6.45) is 1.38. The summed E-state index contributed by atoms with van der Waals surface area (Å²) >= 11 is 0. The van der Waals surface area contributed by atoms with E-state index >= 15 is 0 Å². The molecular formula is C20H21FN4O5S. The minimum Gasteiger partial charge on any atom is -0.458 e. The highest BCUT2D eigenvalue weighted by Gasteiger charge is 2.28. The minimum absolute atomic E-state index is 0.120. The maximum atomic E-state index is 13.6. The van der Waals surface area contributed by atoms with Crippen LogP contribution in [0.3, 0.4) is 0 Å². The highest BCUT2D eigenvalue weighted by atomic mass is 32.2. The Morgan fingerprint density at radius 2 is 1.97 bits per heavy atom. The van der Waals surface area contributed by atoms with Crippen LogP contribution >= 0.6 is 0 Å². The zero-order valence-corrected chi connectivity index (χ0v) is 17.8. The Hall–Kier alpha value is -3.18. The molecule has 2 aromatic heterocycles. The molecule has 0 bridgehead atoms. The molecule has 0 atom stereocenters. The molecule has 1 amide bonds. The number of hydrogen-bond acceptors (Lipinski definition) is 6. The van der Waals surface area contributed by atoms with E-state index in [0.717, 1.165) is 6.07 Å². The molecule has 2 N–H and O–H groups in total. The summed E-state index contributed by atoms with van der Waals surface area (Å²) in [6, 6.07) is 5.15. The first-order valence-corrected chi connectivity index (χ1v) is 11.0. The molecule has 0 spiro atoms. The lowest BCUT2D eigenvalue weighted by molar-refractivity contribution is 0.0303. The van der Waals surface area contributed by atoms with Crippen LogP contribution < -0.4 is 4.72 Å². The summed E-state index contributed by atoms with van der Waals surface area (Å²) in [7, 11) is -4.06. The van der Waals surface area contributed by atoms with E-state index in [1.54, 1.807) is 11.8 Å². The monoisotopic (exact) mass is 448 g/mol. The number of halogens is 1. The fourth-order valence-electron chi connectivity index (χ4n) is 3.33. The van der Waals surface area contributed by atoms with Gasteiger partial charge in [-0.2, -0.15) is 5.10 Å². The number of aryl methyl sites for hydroxylation is 2. The van der Waals surface area contributed by atoms with Crippen molar-refractivity contribution in [3.8, 4) is 11.5 Å². The Labute approximate surface area is 178 Å². The Balaban J connectivity index is 1.65. The quantitative estimate of drug-likeness (QED) is 0.620. The number of nitrogens with one attached hydrogen (secondary N) is 2. The van der Waals surface area contributed by atoms with Crippen LogP contribution in [-0.2, 0) is 14.8 Å². The van der Waals surface area contributed by atoms with E-state index in [2.05, 4.69) is 14.9 Å². The number of ether oxygens (including phenoxy) is 1.